The number of hydrogen-bond acceptors (Lipinski definition) is 12. The van der Waals surface area contributed by atoms with Crippen molar-refractivity contribution in [2.75, 3.05) is 27.8 Å². The molecule has 2 aliphatic heterocycles. The molecule has 2 N–H and O–H groups in total. The molecule has 13 heteroatoms. The summed E-state index contributed by atoms with van der Waals surface area (Å²) in [7, 11) is 5.21. The predicted molar refractivity (Wildman–Crippen MR) is 202 cm³/mol. The fourth-order valence-electron chi connectivity index (χ4n) is 8.76. The highest BCUT2D eigenvalue weighted by Crippen LogP contribution is 2.41. The van der Waals surface area contributed by atoms with Crippen molar-refractivity contribution in [2.24, 2.45) is 29.6 Å². The van der Waals surface area contributed by atoms with Crippen LogP contribution in [0.5, 0.6) is 0 Å². The Labute approximate surface area is 326 Å². The van der Waals surface area contributed by atoms with E-state index < -0.39 is 89.4 Å². The average Bonchev–Trinajstić information content (AvgIpc) is 3.97. The zero-order chi connectivity index (χ0) is 41.0. The summed E-state index contributed by atoms with van der Waals surface area (Å²) in [4.78, 5) is 44.2. The van der Waals surface area contributed by atoms with Gasteiger partial charge in [0.2, 0.25) is 0 Å². The van der Waals surface area contributed by atoms with Crippen LogP contribution in [0.1, 0.15) is 93.1 Å². The molecule has 0 spiro atoms. The Morgan fingerprint density at radius 2 is 1.65 bits per heavy atom. The summed E-state index contributed by atoms with van der Waals surface area (Å²) in [5.41, 5.74) is -2.75. The lowest BCUT2D eigenvalue weighted by Crippen LogP contribution is -2.61. The predicted octanol–water partition coefficient (Wildman–Crippen LogP) is 4.88. The number of aliphatic hydroxyl groups excluding tert-OH is 1. The maximum absolute atomic E-state index is 14.1. The van der Waals surface area contributed by atoms with E-state index in [1.54, 1.807) is 48.7 Å². The Balaban J connectivity index is 1.82. The molecule has 1 aliphatic carbocycles. The van der Waals surface area contributed by atoms with Crippen LogP contribution in [0.4, 0.5) is 4.39 Å². The number of aliphatic hydroxyl groups is 2. The monoisotopic (exact) mass is 779 g/mol. The topological polar surface area (TPSA) is 150 Å². The van der Waals surface area contributed by atoms with Crippen LogP contribution in [0.3, 0.4) is 0 Å². The van der Waals surface area contributed by atoms with Crippen molar-refractivity contribution in [1.82, 2.24) is 4.90 Å². The van der Waals surface area contributed by atoms with Crippen LogP contribution in [-0.4, -0.2) is 121 Å². The smallest absolute Gasteiger partial charge is 0.312 e. The van der Waals surface area contributed by atoms with E-state index in [4.69, 9.17) is 28.4 Å². The minimum absolute atomic E-state index is 0.0400. The summed E-state index contributed by atoms with van der Waals surface area (Å²) >= 11 is 0. The molecule has 0 radical (unpaired) electrons. The van der Waals surface area contributed by atoms with Crippen molar-refractivity contribution in [2.45, 2.75) is 154 Å². The largest absolute Gasteiger partial charge is 0.461 e. The van der Waals surface area contributed by atoms with Gasteiger partial charge in [0.25, 0.3) is 0 Å². The van der Waals surface area contributed by atoms with Gasteiger partial charge in [-0.2, -0.15) is 0 Å². The van der Waals surface area contributed by atoms with Crippen LogP contribution >= 0.6 is 0 Å². The van der Waals surface area contributed by atoms with Crippen molar-refractivity contribution in [3.05, 3.63) is 35.6 Å². The van der Waals surface area contributed by atoms with Gasteiger partial charge < -0.3 is 43.5 Å². The summed E-state index contributed by atoms with van der Waals surface area (Å²) in [6.07, 6.45) is -3.44. The van der Waals surface area contributed by atoms with Crippen LogP contribution in [-0.2, 0) is 49.2 Å². The SMILES string of the molecule is CC[C@H]1OC(=O)[C@H](C)[C@@H](OC(=O)Cc2ccc(F)cc2)[C@H](C)[C@@H](OC2O[C@@H](C)C[C@@H](N(C)CC3CC3)[C@@H]2OC)[C@](C)(OC)C[C@@H](C)C(=O)[C@@H](C)[C@@H](O)[C@]1(C)O. The van der Waals surface area contributed by atoms with E-state index in [1.165, 1.54) is 51.1 Å². The highest BCUT2D eigenvalue weighted by atomic mass is 19.1. The highest BCUT2D eigenvalue weighted by Gasteiger charge is 2.53. The quantitative estimate of drug-likeness (QED) is 0.295. The minimum Gasteiger partial charge on any atom is -0.461 e. The second kappa shape index (κ2) is 18.8. The van der Waals surface area contributed by atoms with Crippen molar-refractivity contribution >= 4 is 17.7 Å². The van der Waals surface area contributed by atoms with E-state index in [-0.39, 0.29) is 37.2 Å². The van der Waals surface area contributed by atoms with Crippen molar-refractivity contribution in [3.63, 3.8) is 0 Å². The number of cyclic esters (lactones) is 1. The van der Waals surface area contributed by atoms with Gasteiger partial charge in [-0.15, -0.1) is 0 Å². The Morgan fingerprint density at radius 3 is 2.22 bits per heavy atom. The number of likely N-dealkylation sites (N-methyl/N-ethyl adjacent to an activating group) is 1. The van der Waals surface area contributed by atoms with E-state index in [0.29, 0.717) is 17.9 Å². The van der Waals surface area contributed by atoms with Gasteiger partial charge in [0.05, 0.1) is 36.3 Å². The third-order valence-electron chi connectivity index (χ3n) is 12.4. The number of Topliss-reactive ketones (excluding diaryl/α,β-unsaturated/α-hetero) is 1. The van der Waals surface area contributed by atoms with Crippen molar-refractivity contribution < 1.29 is 57.4 Å². The molecule has 1 unspecified atom stereocenters. The van der Waals surface area contributed by atoms with Crippen molar-refractivity contribution in [1.29, 1.82) is 0 Å². The molecular weight excluding hydrogens is 713 g/mol. The third-order valence-corrected chi connectivity index (χ3v) is 12.4. The normalized spacial score (nSPS) is 39.7. The first-order valence-corrected chi connectivity index (χ1v) is 19.9. The van der Waals surface area contributed by atoms with Gasteiger partial charge in [0.1, 0.15) is 35.5 Å². The number of ketones is 1. The van der Waals surface area contributed by atoms with Crippen LogP contribution in [0.15, 0.2) is 24.3 Å². The molecule has 0 aromatic heterocycles. The molecule has 3 aliphatic rings. The van der Waals surface area contributed by atoms with E-state index >= 15 is 0 Å². The zero-order valence-electron chi connectivity index (χ0n) is 34.7. The summed E-state index contributed by atoms with van der Waals surface area (Å²) in [5.74, 6) is -5.22. The molecular formula is C42H66FNO11. The van der Waals surface area contributed by atoms with Gasteiger partial charge in [0.15, 0.2) is 6.29 Å². The first-order valence-electron chi connectivity index (χ1n) is 19.9. The summed E-state index contributed by atoms with van der Waals surface area (Å²) in [6.45, 7) is 14.4. The molecule has 12 nitrogen and oxygen atoms in total. The summed E-state index contributed by atoms with van der Waals surface area (Å²) < 4.78 is 51.7. The summed E-state index contributed by atoms with van der Waals surface area (Å²) in [6, 6.07) is 5.44. The lowest BCUT2D eigenvalue weighted by Gasteiger charge is -2.49. The second-order valence-corrected chi connectivity index (χ2v) is 17.0. The number of nitrogens with zero attached hydrogens (tertiary/aromatic N) is 1. The molecule has 0 bridgehead atoms. The number of rotatable bonds is 11. The van der Waals surface area contributed by atoms with E-state index in [9.17, 15) is 29.0 Å². The number of esters is 2. The molecule has 55 heavy (non-hydrogen) atoms. The van der Waals surface area contributed by atoms with Gasteiger partial charge in [-0.05, 0) is 90.5 Å². The lowest BCUT2D eigenvalue weighted by molar-refractivity contribution is -0.306. The lowest BCUT2D eigenvalue weighted by atomic mass is 9.74. The Bertz CT molecular complexity index is 1440. The number of benzene rings is 1. The maximum atomic E-state index is 14.1. The van der Waals surface area contributed by atoms with Gasteiger partial charge in [-0.3, -0.25) is 14.4 Å². The van der Waals surface area contributed by atoms with Gasteiger partial charge in [-0.25, -0.2) is 4.39 Å². The third kappa shape index (κ3) is 10.7. The molecule has 1 saturated carbocycles. The molecule has 1 aromatic carbocycles. The number of methoxy groups -OCH3 is 2. The second-order valence-electron chi connectivity index (χ2n) is 17.0. The summed E-state index contributed by atoms with van der Waals surface area (Å²) in [5, 5.41) is 23.1. The first kappa shape index (κ1) is 45.2. The fourth-order valence-corrected chi connectivity index (χ4v) is 8.76. The molecule has 4 rings (SSSR count). The molecule has 2 heterocycles. The number of halogens is 1. The van der Waals surface area contributed by atoms with Gasteiger partial charge >= 0.3 is 11.9 Å². The zero-order valence-corrected chi connectivity index (χ0v) is 34.7. The maximum Gasteiger partial charge on any atom is 0.312 e. The highest BCUT2D eigenvalue weighted by molar-refractivity contribution is 5.83. The fraction of sp³-hybridized carbons (Fsp3) is 0.786. The van der Waals surface area contributed by atoms with Gasteiger partial charge in [0, 0.05) is 44.6 Å². The van der Waals surface area contributed by atoms with E-state index in [2.05, 4.69) is 11.9 Å². The standard InChI is InChI=1S/C42H66FNO11/c1-12-32-42(8,49)37(47)25(4)34(46)23(2)21-41(7,51-11)38(55-40-36(50-10)31(19-24(3)52-40)44(9)22-29-13-14-29)26(5)35(27(6)39(48)53-32)54-33(45)20-28-15-17-30(43)18-16-28/h15-18,23-27,29,31-32,35-38,40,47,49H,12-14,19-22H2,1-11H3/t23-,24+,25-,26+,27-,31-,32-,35+,36+,37-,38-,40?,41-,42-/m1/s1. The molecule has 312 valence electrons. The van der Waals surface area contributed by atoms with Crippen LogP contribution < -0.4 is 0 Å². The van der Waals surface area contributed by atoms with Gasteiger partial charge in [-0.1, -0.05) is 39.8 Å². The van der Waals surface area contributed by atoms with Crippen LogP contribution in [0.2, 0.25) is 0 Å². The average molecular weight is 780 g/mol. The number of carbonyl (C=O) groups is 3. The molecule has 14 atom stereocenters. The first-order chi connectivity index (χ1) is 25.8. The molecule has 1 aromatic rings. The Kier molecular flexibility index (Phi) is 15.5. The number of hydrogen-bond donors (Lipinski definition) is 2. The van der Waals surface area contributed by atoms with E-state index in [0.717, 1.165) is 6.54 Å². The molecule has 0 amide bonds. The number of ether oxygens (including phenoxy) is 6. The van der Waals surface area contributed by atoms with Crippen LogP contribution in [0, 0.1) is 35.4 Å². The Hall–Kier alpha value is -2.52. The minimum atomic E-state index is -1.99. The molecule has 2 saturated heterocycles. The van der Waals surface area contributed by atoms with Crippen LogP contribution in [0.25, 0.3) is 0 Å². The number of carbonyl (C=O) groups excluding carboxylic acids is 3. The molecule has 3 fully saturated rings. The van der Waals surface area contributed by atoms with E-state index in [1.807, 2.05) is 6.92 Å². The van der Waals surface area contributed by atoms with Crippen molar-refractivity contribution in [3.8, 4) is 0 Å². The Morgan fingerprint density at radius 1 is 1.02 bits per heavy atom.